The molecule has 0 unspecified atom stereocenters. The van der Waals surface area contributed by atoms with Gasteiger partial charge in [-0.1, -0.05) is 30.3 Å². The first-order valence-electron chi connectivity index (χ1n) is 5.86. The van der Waals surface area contributed by atoms with Crippen molar-refractivity contribution in [3.63, 3.8) is 0 Å². The molecule has 3 rings (SSSR count). The van der Waals surface area contributed by atoms with Gasteiger partial charge in [0.1, 0.15) is 5.56 Å². The molecule has 0 heterocycles. The molecule has 5 nitrogen and oxygen atoms in total. The molecule has 0 fully saturated rings. The average molecular weight is 286 g/mol. The highest BCUT2D eigenvalue weighted by Gasteiger charge is 2.34. The summed E-state index contributed by atoms with van der Waals surface area (Å²) in [5.41, 5.74) is 12.5. The minimum Gasteiger partial charge on any atom is -0.382 e. The second kappa shape index (κ2) is 4.30. The summed E-state index contributed by atoms with van der Waals surface area (Å²) in [6.45, 7) is 0. The van der Waals surface area contributed by atoms with Crippen LogP contribution in [0.25, 0.3) is 16.7 Å². The molecular formula is C14H10N2O3S. The molecule has 0 amide bonds. The molecule has 0 spiro atoms. The van der Waals surface area contributed by atoms with Gasteiger partial charge in [-0.05, 0) is 17.7 Å². The smallest absolute Gasteiger partial charge is 0.334 e. The van der Waals surface area contributed by atoms with Crippen molar-refractivity contribution in [1.29, 1.82) is 0 Å². The molecule has 0 atom stereocenters. The zero-order chi connectivity index (χ0) is 14.3. The summed E-state index contributed by atoms with van der Waals surface area (Å²) in [5, 5.41) is 0. The van der Waals surface area contributed by atoms with Crippen molar-refractivity contribution in [3.8, 4) is 16.9 Å². The third-order valence-corrected chi connectivity index (χ3v) is 3.56. The van der Waals surface area contributed by atoms with Gasteiger partial charge in [-0.2, -0.15) is 13.2 Å². The van der Waals surface area contributed by atoms with E-state index < -0.39 is 10.1 Å². The summed E-state index contributed by atoms with van der Waals surface area (Å²) >= 11 is 0. The maximum Gasteiger partial charge on any atom is 0.334 e. The van der Waals surface area contributed by atoms with Crippen LogP contribution in [0.1, 0.15) is 11.1 Å². The highest BCUT2D eigenvalue weighted by molar-refractivity contribution is 7.86. The van der Waals surface area contributed by atoms with Gasteiger partial charge in [-0.25, -0.2) is 0 Å². The monoisotopic (exact) mass is 286 g/mol. The van der Waals surface area contributed by atoms with Crippen molar-refractivity contribution in [2.75, 3.05) is 6.26 Å². The Morgan fingerprint density at radius 2 is 1.65 bits per heavy atom. The molecule has 0 aromatic heterocycles. The fraction of sp³-hybridized carbons (Fsp3) is 0.0714. The van der Waals surface area contributed by atoms with E-state index in [2.05, 4.69) is 4.79 Å². The lowest BCUT2D eigenvalue weighted by Crippen LogP contribution is -2.10. The Labute approximate surface area is 116 Å². The topological polar surface area (TPSA) is 79.8 Å². The summed E-state index contributed by atoms with van der Waals surface area (Å²) in [6, 6.07) is 12.5. The highest BCUT2D eigenvalue weighted by Crippen LogP contribution is 2.40. The Morgan fingerprint density at radius 1 is 1.00 bits per heavy atom. The highest BCUT2D eigenvalue weighted by atomic mass is 32.2. The van der Waals surface area contributed by atoms with Crippen molar-refractivity contribution in [2.24, 2.45) is 0 Å². The number of nitrogens with zero attached hydrogens (tertiary/aromatic N) is 2. The minimum absolute atomic E-state index is 0.161. The van der Waals surface area contributed by atoms with Crippen molar-refractivity contribution in [2.45, 2.75) is 0 Å². The largest absolute Gasteiger partial charge is 0.382 e. The molecule has 1 aliphatic rings. The number of benzene rings is 2. The van der Waals surface area contributed by atoms with Gasteiger partial charge in [0.25, 0.3) is 0 Å². The lowest BCUT2D eigenvalue weighted by molar-refractivity contribution is -0.00250. The average Bonchev–Trinajstić information content (AvgIpc) is 2.72. The van der Waals surface area contributed by atoms with E-state index in [0.717, 1.165) is 22.9 Å². The van der Waals surface area contributed by atoms with Crippen molar-refractivity contribution in [1.82, 2.24) is 0 Å². The molecular weight excluding hydrogens is 276 g/mol. The van der Waals surface area contributed by atoms with E-state index in [9.17, 15) is 13.9 Å². The van der Waals surface area contributed by atoms with E-state index in [-0.39, 0.29) is 5.75 Å². The Hall–Kier alpha value is -2.43. The van der Waals surface area contributed by atoms with Crippen LogP contribution in [0.2, 0.25) is 0 Å². The predicted octanol–water partition coefficient (Wildman–Crippen LogP) is 2.07. The first-order chi connectivity index (χ1) is 9.51. The van der Waals surface area contributed by atoms with Crippen molar-refractivity contribution < 1.29 is 17.4 Å². The van der Waals surface area contributed by atoms with Crippen LogP contribution in [0.15, 0.2) is 42.5 Å². The van der Waals surface area contributed by atoms with Crippen LogP contribution in [-0.4, -0.2) is 25.2 Å². The van der Waals surface area contributed by atoms with Crippen LogP contribution in [0, 0.1) is 0 Å². The van der Waals surface area contributed by atoms with Crippen LogP contribution < -0.4 is 4.18 Å². The Morgan fingerprint density at radius 3 is 2.30 bits per heavy atom. The van der Waals surface area contributed by atoms with Crippen molar-refractivity contribution in [3.05, 3.63) is 59.1 Å². The van der Waals surface area contributed by atoms with E-state index in [1.807, 2.05) is 30.3 Å². The molecule has 6 heteroatoms. The Bertz CT molecular complexity index is 866. The molecule has 0 saturated heterocycles. The first kappa shape index (κ1) is 12.6. The fourth-order valence-corrected chi connectivity index (χ4v) is 2.86. The maximum absolute atomic E-state index is 11.3. The number of hydrogen-bond donors (Lipinski definition) is 0. The second-order valence-corrected chi connectivity index (χ2v) is 6.04. The summed E-state index contributed by atoms with van der Waals surface area (Å²) in [4.78, 5) is 3.30. The van der Waals surface area contributed by atoms with Crippen LogP contribution in [0.4, 0.5) is 0 Å². The van der Waals surface area contributed by atoms with Crippen LogP contribution in [0.3, 0.4) is 0 Å². The first-order valence-corrected chi connectivity index (χ1v) is 7.67. The molecule has 0 aliphatic heterocycles. The third kappa shape index (κ3) is 1.91. The Balaban J connectivity index is 2.32. The molecule has 20 heavy (non-hydrogen) atoms. The summed E-state index contributed by atoms with van der Waals surface area (Å²) in [7, 11) is -3.65. The van der Waals surface area contributed by atoms with Crippen LogP contribution in [-0.2, 0) is 10.1 Å². The maximum atomic E-state index is 11.3. The number of rotatable bonds is 2. The van der Waals surface area contributed by atoms with Crippen LogP contribution in [0.5, 0.6) is 5.75 Å². The Kier molecular flexibility index (Phi) is 2.71. The van der Waals surface area contributed by atoms with Gasteiger partial charge in [0.2, 0.25) is 0 Å². The quantitative estimate of drug-likeness (QED) is 0.411. The van der Waals surface area contributed by atoms with Gasteiger partial charge in [0.15, 0.2) is 5.75 Å². The summed E-state index contributed by atoms with van der Waals surface area (Å²) < 4.78 is 27.7. The molecule has 0 N–H and O–H groups in total. The summed E-state index contributed by atoms with van der Waals surface area (Å²) in [5.74, 6) is 0.161. The lowest BCUT2D eigenvalue weighted by Gasteiger charge is -2.06. The van der Waals surface area contributed by atoms with Gasteiger partial charge in [0.05, 0.1) is 11.8 Å². The molecule has 0 saturated carbocycles. The molecule has 0 radical (unpaired) electrons. The van der Waals surface area contributed by atoms with E-state index >= 15 is 0 Å². The molecule has 2 aromatic carbocycles. The van der Waals surface area contributed by atoms with E-state index in [0.29, 0.717) is 11.3 Å². The van der Waals surface area contributed by atoms with Crippen LogP contribution >= 0.6 is 0 Å². The molecule has 100 valence electrons. The number of hydrogen-bond acceptors (Lipinski definition) is 3. The van der Waals surface area contributed by atoms with Crippen molar-refractivity contribution >= 4 is 15.8 Å². The fourth-order valence-electron chi connectivity index (χ4n) is 2.40. The zero-order valence-electron chi connectivity index (χ0n) is 10.6. The van der Waals surface area contributed by atoms with Gasteiger partial charge in [-0.3, -0.25) is 0 Å². The van der Waals surface area contributed by atoms with Gasteiger partial charge >= 0.3 is 15.8 Å². The van der Waals surface area contributed by atoms with Gasteiger partial charge < -0.3 is 9.71 Å². The predicted molar refractivity (Wildman–Crippen MR) is 74.2 cm³/mol. The standard InChI is InChI=1S/C14H10N2O3S/c1-20(17,18)19-12-8-4-7-10-9-5-2-3-6-11(9)14(16-15)13(10)12/h2-8H,1H3. The second-order valence-electron chi connectivity index (χ2n) is 4.46. The van der Waals surface area contributed by atoms with E-state index in [4.69, 9.17) is 4.18 Å². The molecule has 0 bridgehead atoms. The summed E-state index contributed by atoms with van der Waals surface area (Å²) in [6.07, 6.45) is 0.976. The third-order valence-electron chi connectivity index (χ3n) is 3.08. The molecule has 1 aliphatic carbocycles. The van der Waals surface area contributed by atoms with E-state index in [1.54, 1.807) is 6.07 Å². The lowest BCUT2D eigenvalue weighted by atomic mass is 10.1. The van der Waals surface area contributed by atoms with Gasteiger partial charge in [-0.15, -0.1) is 0 Å². The van der Waals surface area contributed by atoms with Gasteiger partial charge in [0, 0.05) is 5.56 Å². The van der Waals surface area contributed by atoms with E-state index in [1.165, 1.54) is 6.07 Å². The molecule has 2 aromatic rings. The SMILES string of the molecule is CS(=O)(=O)Oc1cccc2c1C(=[N+]=[N-])c1ccccc1-2. The normalized spacial score (nSPS) is 12.6. The zero-order valence-corrected chi connectivity index (χ0v) is 11.4. The minimum atomic E-state index is -3.65. The number of fused-ring (bicyclic) bond motifs is 3.